The molecule has 7 rings (SSSR count). The van der Waals surface area contributed by atoms with Crippen molar-refractivity contribution in [2.24, 2.45) is 40.7 Å². The van der Waals surface area contributed by atoms with E-state index in [2.05, 4.69) is 17.1 Å². The van der Waals surface area contributed by atoms with E-state index in [4.69, 9.17) is 19.3 Å². The fourth-order valence-corrected chi connectivity index (χ4v) is 8.92. The van der Waals surface area contributed by atoms with Crippen LogP contribution in [0, 0.1) is 35.5 Å². The summed E-state index contributed by atoms with van der Waals surface area (Å²) in [6.45, 7) is 2.26. The minimum atomic E-state index is -0.473. The van der Waals surface area contributed by atoms with E-state index >= 15 is 0 Å². The van der Waals surface area contributed by atoms with Gasteiger partial charge in [-0.15, -0.1) is 0 Å². The van der Waals surface area contributed by atoms with Crippen molar-refractivity contribution in [3.63, 3.8) is 0 Å². The number of oxime groups is 1. The van der Waals surface area contributed by atoms with E-state index in [0.717, 1.165) is 75.3 Å². The molecule has 1 saturated heterocycles. The summed E-state index contributed by atoms with van der Waals surface area (Å²) >= 11 is 0. The molecule has 6 nitrogen and oxygen atoms in total. The van der Waals surface area contributed by atoms with Gasteiger partial charge in [0.2, 0.25) is 5.79 Å². The molecule has 198 valence electrons. The zero-order chi connectivity index (χ0) is 23.8. The number of piperidine rings is 1. The van der Waals surface area contributed by atoms with E-state index in [1.165, 1.54) is 63.5 Å². The van der Waals surface area contributed by atoms with Crippen molar-refractivity contribution in [2.45, 2.75) is 114 Å². The molecule has 0 aromatic rings. The standard InChI is InChI=1S/C29H48N2O4/c1-31-13-11-27(12-14-31)33-30-26-7-3-22(4-8-26)23-5-9-28(10-6-23)34-35-29(32-2)24-16-20-15-21(18-24)19-25(29)17-20/h20-25,27-28H,3-19H2,1-2H3/t20?,21?,22?,23-,24?,25?,28+,29?. The predicted octanol–water partition coefficient (Wildman–Crippen LogP) is 5.95. The number of likely N-dealkylation sites (tertiary alicyclic amines) is 1. The Morgan fingerprint density at radius 3 is 1.94 bits per heavy atom. The Bertz CT molecular complexity index is 703. The average Bonchev–Trinajstić information content (AvgIpc) is 2.89. The Hall–Kier alpha value is -0.690. The fourth-order valence-electron chi connectivity index (χ4n) is 8.92. The molecule has 6 aliphatic carbocycles. The highest BCUT2D eigenvalue weighted by atomic mass is 17.2. The Morgan fingerprint density at radius 2 is 1.34 bits per heavy atom. The van der Waals surface area contributed by atoms with Gasteiger partial charge in [0.25, 0.3) is 0 Å². The van der Waals surface area contributed by atoms with Crippen LogP contribution in [0.15, 0.2) is 5.16 Å². The van der Waals surface area contributed by atoms with E-state index in [1.807, 2.05) is 7.11 Å². The van der Waals surface area contributed by atoms with Gasteiger partial charge in [-0.3, -0.25) is 0 Å². The Balaban J connectivity index is 0.925. The lowest BCUT2D eigenvalue weighted by atomic mass is 9.53. The first-order valence-electron chi connectivity index (χ1n) is 14.9. The molecule has 0 aromatic carbocycles. The largest absolute Gasteiger partial charge is 0.392 e. The number of rotatable bonds is 7. The molecule has 1 heterocycles. The van der Waals surface area contributed by atoms with Crippen LogP contribution in [-0.2, 0) is 19.3 Å². The summed E-state index contributed by atoms with van der Waals surface area (Å²) in [7, 11) is 4.04. The third-order valence-electron chi connectivity index (χ3n) is 10.9. The van der Waals surface area contributed by atoms with Crippen LogP contribution in [0.4, 0.5) is 0 Å². The maximum absolute atomic E-state index is 6.32. The molecule has 7 aliphatic rings. The van der Waals surface area contributed by atoms with Crippen molar-refractivity contribution in [3.05, 3.63) is 0 Å². The second kappa shape index (κ2) is 10.6. The van der Waals surface area contributed by atoms with Gasteiger partial charge in [-0.2, -0.15) is 0 Å². The molecule has 0 spiro atoms. The van der Waals surface area contributed by atoms with Crippen LogP contribution in [0.3, 0.4) is 0 Å². The van der Waals surface area contributed by atoms with E-state index in [0.29, 0.717) is 17.9 Å². The van der Waals surface area contributed by atoms with Gasteiger partial charge in [-0.25, -0.2) is 9.78 Å². The lowest BCUT2D eigenvalue weighted by molar-refractivity contribution is -0.486. The molecular formula is C29H48N2O4. The van der Waals surface area contributed by atoms with Crippen LogP contribution in [0.5, 0.6) is 0 Å². The SMILES string of the molecule is COC1(OO[C@H]2CC[C@@H](C3CCC(=NOC4CCN(C)CC4)CC3)CC2)C2CC3CC(C2)CC1C3. The van der Waals surface area contributed by atoms with Crippen LogP contribution in [0.1, 0.15) is 96.3 Å². The van der Waals surface area contributed by atoms with Gasteiger partial charge in [0.15, 0.2) is 0 Å². The number of nitrogens with zero attached hydrogens (tertiary/aromatic N) is 2. The summed E-state index contributed by atoms with van der Waals surface area (Å²) < 4.78 is 6.12. The molecule has 0 amide bonds. The smallest absolute Gasteiger partial charge is 0.207 e. The number of ether oxygens (including phenoxy) is 1. The highest BCUT2D eigenvalue weighted by molar-refractivity contribution is 5.84. The molecule has 7 fully saturated rings. The summed E-state index contributed by atoms with van der Waals surface area (Å²) in [5, 5.41) is 4.59. The first-order chi connectivity index (χ1) is 17.1. The normalized spacial score (nSPS) is 44.5. The highest BCUT2D eigenvalue weighted by Gasteiger charge is 2.60. The Kier molecular flexibility index (Phi) is 7.45. The first-order valence-corrected chi connectivity index (χ1v) is 14.9. The molecular weight excluding hydrogens is 440 g/mol. The zero-order valence-electron chi connectivity index (χ0n) is 22.2. The van der Waals surface area contributed by atoms with Gasteiger partial charge < -0.3 is 14.5 Å². The van der Waals surface area contributed by atoms with Crippen molar-refractivity contribution in [3.8, 4) is 0 Å². The van der Waals surface area contributed by atoms with E-state index in [9.17, 15) is 0 Å². The zero-order valence-corrected chi connectivity index (χ0v) is 22.2. The van der Waals surface area contributed by atoms with Crippen molar-refractivity contribution < 1.29 is 19.3 Å². The summed E-state index contributed by atoms with van der Waals surface area (Å²) in [6, 6.07) is 0. The average molecular weight is 489 g/mol. The van der Waals surface area contributed by atoms with Gasteiger partial charge in [0.1, 0.15) is 6.10 Å². The number of hydrogen-bond donors (Lipinski definition) is 0. The molecule has 0 unspecified atom stereocenters. The quantitative estimate of drug-likeness (QED) is 0.252. The van der Waals surface area contributed by atoms with Crippen molar-refractivity contribution in [1.82, 2.24) is 4.90 Å². The summed E-state index contributed by atoms with van der Waals surface area (Å²) in [5.74, 6) is 4.07. The first kappa shape index (κ1) is 24.6. The van der Waals surface area contributed by atoms with Crippen LogP contribution in [-0.4, -0.2) is 55.9 Å². The van der Waals surface area contributed by atoms with Crippen molar-refractivity contribution in [2.75, 3.05) is 27.2 Å². The van der Waals surface area contributed by atoms with E-state index in [-0.39, 0.29) is 6.10 Å². The molecule has 0 radical (unpaired) electrons. The van der Waals surface area contributed by atoms with E-state index < -0.39 is 5.79 Å². The maximum atomic E-state index is 6.32. The topological polar surface area (TPSA) is 52.5 Å². The maximum Gasteiger partial charge on any atom is 0.207 e. The summed E-state index contributed by atoms with van der Waals surface area (Å²) in [5.41, 5.74) is 1.30. The van der Waals surface area contributed by atoms with Crippen LogP contribution in [0.2, 0.25) is 0 Å². The van der Waals surface area contributed by atoms with Crippen LogP contribution >= 0.6 is 0 Å². The third-order valence-corrected chi connectivity index (χ3v) is 10.9. The van der Waals surface area contributed by atoms with Crippen molar-refractivity contribution >= 4 is 5.71 Å². The van der Waals surface area contributed by atoms with Gasteiger partial charge in [0, 0.05) is 32.0 Å². The Labute approximate surface area is 212 Å². The summed E-state index contributed by atoms with van der Waals surface area (Å²) in [6.07, 6.45) is 18.9. The number of methoxy groups -OCH3 is 1. The monoisotopic (exact) mass is 488 g/mol. The molecule has 1 aliphatic heterocycles. The molecule has 6 heteroatoms. The number of hydrogen-bond acceptors (Lipinski definition) is 6. The molecule has 4 bridgehead atoms. The highest BCUT2D eigenvalue weighted by Crippen LogP contribution is 2.60. The van der Waals surface area contributed by atoms with Gasteiger partial charge in [0.05, 0.1) is 11.8 Å². The molecule has 0 aromatic heterocycles. The van der Waals surface area contributed by atoms with Gasteiger partial charge >= 0.3 is 0 Å². The fraction of sp³-hybridized carbons (Fsp3) is 0.966. The van der Waals surface area contributed by atoms with E-state index in [1.54, 1.807) is 0 Å². The van der Waals surface area contributed by atoms with Crippen LogP contribution < -0.4 is 0 Å². The lowest BCUT2D eigenvalue weighted by Crippen LogP contribution is -2.60. The Morgan fingerprint density at radius 1 is 0.743 bits per heavy atom. The minimum absolute atomic E-state index is 0.235. The summed E-state index contributed by atoms with van der Waals surface area (Å²) in [4.78, 5) is 20.8. The predicted molar refractivity (Wildman–Crippen MR) is 136 cm³/mol. The van der Waals surface area contributed by atoms with Gasteiger partial charge in [-0.05, 0) is 127 Å². The minimum Gasteiger partial charge on any atom is -0.392 e. The second-order valence-electron chi connectivity index (χ2n) is 13.0. The van der Waals surface area contributed by atoms with Gasteiger partial charge in [-0.1, -0.05) is 5.16 Å². The van der Waals surface area contributed by atoms with Crippen LogP contribution in [0.25, 0.3) is 0 Å². The lowest BCUT2D eigenvalue weighted by Gasteiger charge is -2.58. The molecule has 6 saturated carbocycles. The van der Waals surface area contributed by atoms with Crippen molar-refractivity contribution in [1.29, 1.82) is 0 Å². The third kappa shape index (κ3) is 5.19. The molecule has 35 heavy (non-hydrogen) atoms. The molecule has 0 atom stereocenters. The second-order valence-corrected chi connectivity index (χ2v) is 13.0. The molecule has 0 N–H and O–H groups in total.